The molecule has 2 N–H and O–H groups in total. The second-order valence-electron chi connectivity index (χ2n) is 3.91. The predicted molar refractivity (Wildman–Crippen MR) is 70.2 cm³/mol. The maximum Gasteiger partial charge on any atom is 0.317 e. The number of carboxylic acids is 1. The van der Waals surface area contributed by atoms with Crippen molar-refractivity contribution >= 4 is 12.0 Å². The number of nitrogens with one attached hydrogen (secondary N) is 1. The van der Waals surface area contributed by atoms with Crippen LogP contribution in [-0.4, -0.2) is 68.6 Å². The SMILES string of the molecule is CCN(CCC(=O)O)C(=O)NCCCOCCOC. The molecule has 0 spiro atoms. The number of hydrogen-bond donors (Lipinski definition) is 2. The average molecular weight is 276 g/mol. The first kappa shape index (κ1) is 17.7. The van der Waals surface area contributed by atoms with Crippen LogP contribution >= 0.6 is 0 Å². The van der Waals surface area contributed by atoms with Crippen LogP contribution in [0.25, 0.3) is 0 Å². The Kier molecular flexibility index (Phi) is 10.9. The summed E-state index contributed by atoms with van der Waals surface area (Å²) in [6.07, 6.45) is 0.674. The molecular weight excluding hydrogens is 252 g/mol. The fourth-order valence-corrected chi connectivity index (χ4v) is 1.36. The van der Waals surface area contributed by atoms with E-state index >= 15 is 0 Å². The molecule has 0 rings (SSSR count). The van der Waals surface area contributed by atoms with Gasteiger partial charge in [-0.15, -0.1) is 0 Å². The summed E-state index contributed by atoms with van der Waals surface area (Å²) in [5.41, 5.74) is 0. The molecule has 0 radical (unpaired) electrons. The van der Waals surface area contributed by atoms with E-state index in [-0.39, 0.29) is 19.0 Å². The average Bonchev–Trinajstić information content (AvgIpc) is 2.38. The van der Waals surface area contributed by atoms with Gasteiger partial charge in [-0.05, 0) is 13.3 Å². The third kappa shape index (κ3) is 10.3. The molecule has 0 aromatic carbocycles. The molecule has 0 saturated heterocycles. The minimum Gasteiger partial charge on any atom is -0.481 e. The Balaban J connectivity index is 3.61. The fraction of sp³-hybridized carbons (Fsp3) is 0.833. The van der Waals surface area contributed by atoms with Crippen molar-refractivity contribution in [3.63, 3.8) is 0 Å². The number of carbonyl (C=O) groups is 2. The molecule has 0 atom stereocenters. The van der Waals surface area contributed by atoms with Gasteiger partial charge in [-0.2, -0.15) is 0 Å². The molecule has 0 fully saturated rings. The second kappa shape index (κ2) is 11.7. The molecule has 0 unspecified atom stereocenters. The van der Waals surface area contributed by atoms with Gasteiger partial charge in [0.2, 0.25) is 0 Å². The van der Waals surface area contributed by atoms with E-state index in [2.05, 4.69) is 5.32 Å². The summed E-state index contributed by atoms with van der Waals surface area (Å²) in [5, 5.41) is 11.3. The van der Waals surface area contributed by atoms with Crippen molar-refractivity contribution in [1.82, 2.24) is 10.2 Å². The zero-order chi connectivity index (χ0) is 14.5. The van der Waals surface area contributed by atoms with Crippen LogP contribution in [0, 0.1) is 0 Å². The first-order chi connectivity index (χ1) is 9.11. The lowest BCUT2D eigenvalue weighted by Crippen LogP contribution is -2.41. The summed E-state index contributed by atoms with van der Waals surface area (Å²) in [4.78, 5) is 23.6. The van der Waals surface area contributed by atoms with Crippen LogP contribution < -0.4 is 5.32 Å². The van der Waals surface area contributed by atoms with Gasteiger partial charge in [-0.1, -0.05) is 0 Å². The van der Waals surface area contributed by atoms with Crippen molar-refractivity contribution < 1.29 is 24.2 Å². The van der Waals surface area contributed by atoms with E-state index in [1.165, 1.54) is 4.90 Å². The summed E-state index contributed by atoms with van der Waals surface area (Å²) in [5.74, 6) is -0.905. The van der Waals surface area contributed by atoms with Gasteiger partial charge in [-0.25, -0.2) is 4.79 Å². The Morgan fingerprint density at radius 1 is 1.26 bits per heavy atom. The lowest BCUT2D eigenvalue weighted by molar-refractivity contribution is -0.137. The number of carbonyl (C=O) groups excluding carboxylic acids is 1. The third-order valence-corrected chi connectivity index (χ3v) is 2.44. The number of methoxy groups -OCH3 is 1. The number of carboxylic acid groups (broad SMARTS) is 1. The second-order valence-corrected chi connectivity index (χ2v) is 3.91. The number of amides is 2. The van der Waals surface area contributed by atoms with Crippen molar-refractivity contribution in [2.45, 2.75) is 19.8 Å². The summed E-state index contributed by atoms with van der Waals surface area (Å²) >= 11 is 0. The minimum absolute atomic E-state index is 0.0403. The van der Waals surface area contributed by atoms with Crippen LogP contribution in [0.1, 0.15) is 19.8 Å². The van der Waals surface area contributed by atoms with Gasteiger partial charge in [0.1, 0.15) is 0 Å². The molecule has 7 nitrogen and oxygen atoms in total. The number of urea groups is 1. The molecule has 0 aromatic heterocycles. The summed E-state index contributed by atoms with van der Waals surface area (Å²) in [7, 11) is 1.61. The number of aliphatic carboxylic acids is 1. The monoisotopic (exact) mass is 276 g/mol. The summed E-state index contributed by atoms with van der Waals surface area (Å²) in [6, 6.07) is -0.236. The highest BCUT2D eigenvalue weighted by atomic mass is 16.5. The Morgan fingerprint density at radius 2 is 2.00 bits per heavy atom. The van der Waals surface area contributed by atoms with E-state index < -0.39 is 5.97 Å². The molecule has 0 heterocycles. The van der Waals surface area contributed by atoms with Gasteiger partial charge in [0.25, 0.3) is 0 Å². The van der Waals surface area contributed by atoms with Crippen LogP contribution in [-0.2, 0) is 14.3 Å². The fourth-order valence-electron chi connectivity index (χ4n) is 1.36. The Hall–Kier alpha value is -1.34. The molecule has 0 aliphatic rings. The Morgan fingerprint density at radius 3 is 2.58 bits per heavy atom. The van der Waals surface area contributed by atoms with E-state index in [9.17, 15) is 9.59 Å². The van der Waals surface area contributed by atoms with Gasteiger partial charge in [0.15, 0.2) is 0 Å². The highest BCUT2D eigenvalue weighted by molar-refractivity contribution is 5.75. The third-order valence-electron chi connectivity index (χ3n) is 2.44. The van der Waals surface area contributed by atoms with E-state index in [4.69, 9.17) is 14.6 Å². The molecule has 2 amide bonds. The lowest BCUT2D eigenvalue weighted by atomic mass is 10.4. The van der Waals surface area contributed by atoms with Gasteiger partial charge in [-0.3, -0.25) is 4.79 Å². The maximum atomic E-state index is 11.7. The van der Waals surface area contributed by atoms with Crippen LogP contribution in [0.3, 0.4) is 0 Å². The molecule has 112 valence electrons. The zero-order valence-corrected chi connectivity index (χ0v) is 11.7. The van der Waals surface area contributed by atoms with Gasteiger partial charge < -0.3 is 24.8 Å². The molecule has 0 saturated carbocycles. The van der Waals surface area contributed by atoms with Gasteiger partial charge in [0.05, 0.1) is 19.6 Å². The van der Waals surface area contributed by atoms with Crippen molar-refractivity contribution in [3.05, 3.63) is 0 Å². The molecule has 0 aromatic rings. The molecule has 0 aliphatic carbocycles. The first-order valence-electron chi connectivity index (χ1n) is 6.43. The standard InChI is InChI=1S/C12H24N2O5/c1-3-14(7-5-11(15)16)12(17)13-6-4-8-19-10-9-18-2/h3-10H2,1-2H3,(H,13,17)(H,15,16). The van der Waals surface area contributed by atoms with Crippen molar-refractivity contribution in [1.29, 1.82) is 0 Å². The topological polar surface area (TPSA) is 88.1 Å². The van der Waals surface area contributed by atoms with Crippen LogP contribution in [0.4, 0.5) is 4.79 Å². The Bertz CT molecular complexity index is 261. The number of nitrogens with zero attached hydrogens (tertiary/aromatic N) is 1. The first-order valence-corrected chi connectivity index (χ1v) is 6.43. The van der Waals surface area contributed by atoms with E-state index in [1.54, 1.807) is 7.11 Å². The van der Waals surface area contributed by atoms with E-state index in [0.717, 1.165) is 0 Å². The largest absolute Gasteiger partial charge is 0.481 e. The maximum absolute atomic E-state index is 11.7. The van der Waals surface area contributed by atoms with E-state index in [1.807, 2.05) is 6.92 Å². The molecule has 0 aliphatic heterocycles. The van der Waals surface area contributed by atoms with Crippen molar-refractivity contribution in [2.75, 3.05) is 46.6 Å². The molecule has 19 heavy (non-hydrogen) atoms. The predicted octanol–water partition coefficient (Wildman–Crippen LogP) is 0.546. The molecule has 0 bridgehead atoms. The van der Waals surface area contributed by atoms with Crippen molar-refractivity contribution in [3.8, 4) is 0 Å². The normalized spacial score (nSPS) is 10.2. The van der Waals surface area contributed by atoms with Crippen LogP contribution in [0.2, 0.25) is 0 Å². The number of ether oxygens (including phenoxy) is 2. The Labute approximate surface area is 113 Å². The highest BCUT2D eigenvalue weighted by Crippen LogP contribution is 1.93. The molecular formula is C12H24N2O5. The van der Waals surface area contributed by atoms with Crippen LogP contribution in [0.5, 0.6) is 0 Å². The minimum atomic E-state index is -0.905. The highest BCUT2D eigenvalue weighted by Gasteiger charge is 2.11. The summed E-state index contributed by atoms with van der Waals surface area (Å²) < 4.78 is 10.1. The van der Waals surface area contributed by atoms with Crippen molar-refractivity contribution in [2.24, 2.45) is 0 Å². The van der Waals surface area contributed by atoms with Gasteiger partial charge >= 0.3 is 12.0 Å². The number of hydrogen-bond acceptors (Lipinski definition) is 4. The molecule has 7 heteroatoms. The van der Waals surface area contributed by atoms with Crippen LogP contribution in [0.15, 0.2) is 0 Å². The van der Waals surface area contributed by atoms with Gasteiger partial charge in [0, 0.05) is 33.4 Å². The summed E-state index contributed by atoms with van der Waals surface area (Å²) in [6.45, 7) is 4.70. The van der Waals surface area contributed by atoms with E-state index in [0.29, 0.717) is 39.3 Å². The smallest absolute Gasteiger partial charge is 0.317 e. The quantitative estimate of drug-likeness (QED) is 0.538. The zero-order valence-electron chi connectivity index (χ0n) is 11.7. The number of rotatable bonds is 11. The lowest BCUT2D eigenvalue weighted by Gasteiger charge is -2.20.